The molecule has 0 saturated carbocycles. The molecule has 104 valence electrons. The van der Waals surface area contributed by atoms with Crippen LogP contribution in [0.25, 0.3) is 0 Å². The maximum Gasteiger partial charge on any atom is 0.353 e. The van der Waals surface area contributed by atoms with Crippen molar-refractivity contribution in [2.45, 2.75) is 6.92 Å². The monoisotopic (exact) mass is 337 g/mol. The topological polar surface area (TPSA) is 93.0 Å². The second-order valence-corrected chi connectivity index (χ2v) is 4.78. The summed E-state index contributed by atoms with van der Waals surface area (Å²) < 4.78 is 0.832. The molecule has 1 heterocycles. The SMILES string of the molecule is CNc1ncnc(Nc2cccc(C)c2Br)c1[N+](=O)[O-]. The Morgan fingerprint density at radius 1 is 1.30 bits per heavy atom. The Morgan fingerprint density at radius 2 is 2.00 bits per heavy atom. The first-order chi connectivity index (χ1) is 9.54. The number of aryl methyl sites for hydroxylation is 1. The summed E-state index contributed by atoms with van der Waals surface area (Å²) in [5.74, 6) is 0.303. The summed E-state index contributed by atoms with van der Waals surface area (Å²) in [6, 6.07) is 5.60. The van der Waals surface area contributed by atoms with Crippen molar-refractivity contribution in [1.29, 1.82) is 0 Å². The molecule has 2 N–H and O–H groups in total. The van der Waals surface area contributed by atoms with E-state index in [1.165, 1.54) is 6.33 Å². The molecule has 7 nitrogen and oxygen atoms in total. The lowest BCUT2D eigenvalue weighted by Crippen LogP contribution is -2.05. The van der Waals surface area contributed by atoms with Gasteiger partial charge in [-0.05, 0) is 34.5 Å². The number of halogens is 1. The van der Waals surface area contributed by atoms with Crippen LogP contribution < -0.4 is 10.6 Å². The van der Waals surface area contributed by atoms with Gasteiger partial charge in [0.05, 0.1) is 10.6 Å². The van der Waals surface area contributed by atoms with Crippen LogP contribution in [0.5, 0.6) is 0 Å². The molecular weight excluding hydrogens is 326 g/mol. The van der Waals surface area contributed by atoms with Gasteiger partial charge in [0.2, 0.25) is 11.6 Å². The zero-order chi connectivity index (χ0) is 14.7. The van der Waals surface area contributed by atoms with E-state index in [0.717, 1.165) is 10.0 Å². The van der Waals surface area contributed by atoms with Crippen LogP contribution >= 0.6 is 15.9 Å². The van der Waals surface area contributed by atoms with E-state index in [9.17, 15) is 10.1 Å². The summed E-state index contributed by atoms with van der Waals surface area (Å²) in [5, 5.41) is 16.8. The van der Waals surface area contributed by atoms with E-state index in [4.69, 9.17) is 0 Å². The van der Waals surface area contributed by atoms with Crippen LogP contribution in [0, 0.1) is 17.0 Å². The van der Waals surface area contributed by atoms with Crippen molar-refractivity contribution in [3.63, 3.8) is 0 Å². The predicted octanol–water partition coefficient (Wildman–Crippen LogP) is 3.24. The molecule has 1 aromatic carbocycles. The molecule has 0 amide bonds. The zero-order valence-electron chi connectivity index (χ0n) is 10.8. The highest BCUT2D eigenvalue weighted by Gasteiger charge is 2.22. The van der Waals surface area contributed by atoms with Gasteiger partial charge in [-0.3, -0.25) is 10.1 Å². The Hall–Kier alpha value is -2.22. The van der Waals surface area contributed by atoms with Crippen LogP contribution in [-0.4, -0.2) is 21.9 Å². The Labute approximate surface area is 123 Å². The van der Waals surface area contributed by atoms with Gasteiger partial charge in [-0.1, -0.05) is 12.1 Å². The highest BCUT2D eigenvalue weighted by molar-refractivity contribution is 9.10. The van der Waals surface area contributed by atoms with Crippen LogP contribution in [0.4, 0.5) is 23.0 Å². The van der Waals surface area contributed by atoms with Crippen molar-refractivity contribution in [2.75, 3.05) is 17.7 Å². The van der Waals surface area contributed by atoms with Crippen molar-refractivity contribution in [3.05, 3.63) is 44.7 Å². The third kappa shape index (κ3) is 2.69. The number of rotatable bonds is 4. The number of hydrogen-bond donors (Lipinski definition) is 2. The molecule has 0 fully saturated rings. The smallest absolute Gasteiger partial charge is 0.353 e. The molecule has 2 rings (SSSR count). The van der Waals surface area contributed by atoms with E-state index in [0.29, 0.717) is 5.69 Å². The van der Waals surface area contributed by atoms with Crippen molar-refractivity contribution >= 4 is 38.9 Å². The van der Waals surface area contributed by atoms with Crippen molar-refractivity contribution < 1.29 is 4.92 Å². The molecule has 0 saturated heterocycles. The zero-order valence-corrected chi connectivity index (χ0v) is 12.4. The summed E-state index contributed by atoms with van der Waals surface area (Å²) >= 11 is 3.44. The molecule has 0 radical (unpaired) electrons. The Bertz CT molecular complexity index is 662. The average Bonchev–Trinajstić information content (AvgIpc) is 2.43. The maximum atomic E-state index is 11.2. The second kappa shape index (κ2) is 5.83. The Kier molecular flexibility index (Phi) is 4.14. The third-order valence-corrected chi connectivity index (χ3v) is 3.74. The lowest BCUT2D eigenvalue weighted by atomic mass is 10.2. The summed E-state index contributed by atoms with van der Waals surface area (Å²) in [6.07, 6.45) is 1.27. The average molecular weight is 338 g/mol. The molecule has 0 aliphatic rings. The number of nitrogens with one attached hydrogen (secondary N) is 2. The summed E-state index contributed by atoms with van der Waals surface area (Å²) in [4.78, 5) is 18.5. The fourth-order valence-electron chi connectivity index (χ4n) is 1.70. The number of anilines is 3. The molecule has 0 aliphatic carbocycles. The molecule has 2 aromatic rings. The van der Waals surface area contributed by atoms with E-state index in [-0.39, 0.29) is 17.3 Å². The molecular formula is C12H12BrN5O2. The van der Waals surface area contributed by atoms with Gasteiger partial charge in [0, 0.05) is 11.5 Å². The highest BCUT2D eigenvalue weighted by Crippen LogP contribution is 2.34. The first kappa shape index (κ1) is 14.2. The van der Waals surface area contributed by atoms with Crippen molar-refractivity contribution in [2.24, 2.45) is 0 Å². The molecule has 20 heavy (non-hydrogen) atoms. The lowest BCUT2D eigenvalue weighted by molar-refractivity contribution is -0.383. The highest BCUT2D eigenvalue weighted by atomic mass is 79.9. The van der Waals surface area contributed by atoms with E-state index in [2.05, 4.69) is 36.5 Å². The molecule has 0 unspecified atom stereocenters. The summed E-state index contributed by atoms with van der Waals surface area (Å²) in [5.41, 5.74) is 1.53. The maximum absolute atomic E-state index is 11.2. The van der Waals surface area contributed by atoms with E-state index in [1.54, 1.807) is 7.05 Å². The van der Waals surface area contributed by atoms with Crippen molar-refractivity contribution in [3.8, 4) is 0 Å². The molecule has 8 heteroatoms. The largest absolute Gasteiger partial charge is 0.367 e. The third-order valence-electron chi connectivity index (χ3n) is 2.69. The quantitative estimate of drug-likeness (QED) is 0.657. The van der Waals surface area contributed by atoms with Gasteiger partial charge >= 0.3 is 5.69 Å². The molecule has 1 aromatic heterocycles. The predicted molar refractivity (Wildman–Crippen MR) is 80.4 cm³/mol. The number of hydrogen-bond acceptors (Lipinski definition) is 6. The standard InChI is InChI=1S/C12H12BrN5O2/c1-7-4-3-5-8(9(7)13)17-12-10(18(19)20)11(14-2)15-6-16-12/h3-6H,1-2H3,(H2,14,15,16,17). The van der Waals surface area contributed by atoms with Crippen LogP contribution in [0.1, 0.15) is 5.56 Å². The minimum absolute atomic E-state index is 0.139. The number of nitro groups is 1. The van der Waals surface area contributed by atoms with Gasteiger partial charge in [-0.2, -0.15) is 0 Å². The van der Waals surface area contributed by atoms with Crippen LogP contribution in [-0.2, 0) is 0 Å². The molecule has 0 spiro atoms. The van der Waals surface area contributed by atoms with Gasteiger partial charge in [0.25, 0.3) is 0 Å². The number of benzene rings is 1. The van der Waals surface area contributed by atoms with Gasteiger partial charge in [-0.15, -0.1) is 0 Å². The van der Waals surface area contributed by atoms with Crippen LogP contribution in [0.15, 0.2) is 29.0 Å². The van der Waals surface area contributed by atoms with Crippen LogP contribution in [0.3, 0.4) is 0 Å². The van der Waals surface area contributed by atoms with Gasteiger partial charge in [-0.25, -0.2) is 9.97 Å². The summed E-state index contributed by atoms with van der Waals surface area (Å²) in [6.45, 7) is 1.93. The molecule has 0 aliphatic heterocycles. The van der Waals surface area contributed by atoms with Gasteiger partial charge < -0.3 is 10.6 Å². The first-order valence-corrected chi connectivity index (χ1v) is 6.53. The minimum Gasteiger partial charge on any atom is -0.367 e. The van der Waals surface area contributed by atoms with E-state index >= 15 is 0 Å². The number of aromatic nitrogens is 2. The van der Waals surface area contributed by atoms with Gasteiger partial charge in [0.1, 0.15) is 6.33 Å². The molecule has 0 bridgehead atoms. The normalized spacial score (nSPS) is 10.2. The second-order valence-electron chi connectivity index (χ2n) is 3.99. The van der Waals surface area contributed by atoms with Gasteiger partial charge in [0.15, 0.2) is 0 Å². The van der Waals surface area contributed by atoms with Crippen LogP contribution in [0.2, 0.25) is 0 Å². The fraction of sp³-hybridized carbons (Fsp3) is 0.167. The minimum atomic E-state index is -0.516. The number of nitrogens with zero attached hydrogens (tertiary/aromatic N) is 3. The Balaban J connectivity index is 2.48. The lowest BCUT2D eigenvalue weighted by Gasteiger charge is -2.10. The van der Waals surface area contributed by atoms with Crippen molar-refractivity contribution in [1.82, 2.24) is 9.97 Å². The van der Waals surface area contributed by atoms with E-state index in [1.807, 2.05) is 25.1 Å². The van der Waals surface area contributed by atoms with E-state index < -0.39 is 4.92 Å². The Morgan fingerprint density at radius 3 is 2.65 bits per heavy atom. The summed E-state index contributed by atoms with van der Waals surface area (Å²) in [7, 11) is 1.57. The molecule has 0 atom stereocenters. The fourth-order valence-corrected chi connectivity index (χ4v) is 2.06. The first-order valence-electron chi connectivity index (χ1n) is 5.74.